The fourth-order valence-electron chi connectivity index (χ4n) is 3.22. The first kappa shape index (κ1) is 23.1. The Morgan fingerprint density at radius 3 is 2.69 bits per heavy atom. The van der Waals surface area contributed by atoms with E-state index in [9.17, 15) is 0 Å². The fraction of sp³-hybridized carbons (Fsp3) is 0.375. The summed E-state index contributed by atoms with van der Waals surface area (Å²) in [6.45, 7) is 9.19. The SMILES string of the molecule is CN=C(C)C(C=N)c1ccc(Nc2ncc3ccnc(NCC(C)(C)C)c3n2)c(OC)c1. The van der Waals surface area contributed by atoms with Crippen molar-refractivity contribution in [1.29, 1.82) is 5.41 Å². The Kier molecular flexibility index (Phi) is 7.02. The van der Waals surface area contributed by atoms with Gasteiger partial charge in [0.1, 0.15) is 11.3 Å². The Morgan fingerprint density at radius 2 is 2.03 bits per heavy atom. The van der Waals surface area contributed by atoms with Crippen molar-refractivity contribution in [3.05, 3.63) is 42.2 Å². The van der Waals surface area contributed by atoms with Crippen molar-refractivity contribution >= 4 is 40.3 Å². The molecule has 0 saturated carbocycles. The zero-order valence-electron chi connectivity index (χ0n) is 19.5. The number of hydrogen-bond donors (Lipinski definition) is 3. The molecule has 3 rings (SSSR count). The van der Waals surface area contributed by atoms with Crippen molar-refractivity contribution in [3.8, 4) is 5.75 Å². The lowest BCUT2D eigenvalue weighted by atomic mass is 9.95. The minimum Gasteiger partial charge on any atom is -0.495 e. The molecule has 1 unspecified atom stereocenters. The van der Waals surface area contributed by atoms with Crippen LogP contribution in [0.4, 0.5) is 17.5 Å². The molecule has 0 fully saturated rings. The minimum absolute atomic E-state index is 0.113. The third-order valence-corrected chi connectivity index (χ3v) is 5.09. The Hall–Kier alpha value is -3.55. The van der Waals surface area contributed by atoms with E-state index in [1.807, 2.05) is 31.2 Å². The molecule has 8 nitrogen and oxygen atoms in total. The smallest absolute Gasteiger partial charge is 0.227 e. The zero-order valence-corrected chi connectivity index (χ0v) is 19.5. The summed E-state index contributed by atoms with van der Waals surface area (Å²) in [5.41, 5.74) is 3.40. The summed E-state index contributed by atoms with van der Waals surface area (Å²) in [6.07, 6.45) is 4.92. The van der Waals surface area contributed by atoms with Crippen molar-refractivity contribution in [3.63, 3.8) is 0 Å². The highest BCUT2D eigenvalue weighted by atomic mass is 16.5. The van der Waals surface area contributed by atoms with Crippen LogP contribution >= 0.6 is 0 Å². The molecule has 2 aromatic heterocycles. The highest BCUT2D eigenvalue weighted by molar-refractivity contribution is 6.01. The quantitative estimate of drug-likeness (QED) is 0.429. The molecule has 0 saturated heterocycles. The number of nitrogens with zero attached hydrogens (tertiary/aromatic N) is 4. The Labute approximate surface area is 189 Å². The summed E-state index contributed by atoms with van der Waals surface area (Å²) >= 11 is 0. The molecular formula is C24H31N7O. The molecule has 0 radical (unpaired) electrons. The maximum atomic E-state index is 7.77. The van der Waals surface area contributed by atoms with E-state index in [1.165, 1.54) is 6.21 Å². The maximum Gasteiger partial charge on any atom is 0.227 e. The lowest BCUT2D eigenvalue weighted by molar-refractivity contribution is 0.416. The first-order chi connectivity index (χ1) is 15.3. The number of aliphatic imine (C=N–C) groups is 1. The van der Waals surface area contributed by atoms with Gasteiger partial charge in [-0.1, -0.05) is 26.8 Å². The van der Waals surface area contributed by atoms with Gasteiger partial charge in [0, 0.05) is 43.3 Å². The van der Waals surface area contributed by atoms with Crippen LogP contribution < -0.4 is 15.4 Å². The van der Waals surface area contributed by atoms with Gasteiger partial charge in [0.25, 0.3) is 0 Å². The molecular weight excluding hydrogens is 402 g/mol. The second-order valence-corrected chi connectivity index (χ2v) is 8.80. The van der Waals surface area contributed by atoms with Crippen LogP contribution in [0.15, 0.2) is 41.7 Å². The van der Waals surface area contributed by atoms with Gasteiger partial charge in [-0.05, 0) is 36.1 Å². The van der Waals surface area contributed by atoms with Crippen molar-refractivity contribution in [2.24, 2.45) is 10.4 Å². The molecule has 0 amide bonds. The molecule has 8 heteroatoms. The summed E-state index contributed by atoms with van der Waals surface area (Å²) in [5.74, 6) is 1.63. The molecule has 0 bridgehead atoms. The van der Waals surface area contributed by atoms with Crippen molar-refractivity contribution < 1.29 is 4.74 Å². The third kappa shape index (κ3) is 5.38. The average Bonchev–Trinajstić information content (AvgIpc) is 2.78. The lowest BCUT2D eigenvalue weighted by Gasteiger charge is -2.19. The van der Waals surface area contributed by atoms with Crippen LogP contribution in [-0.4, -0.2) is 47.6 Å². The van der Waals surface area contributed by atoms with Gasteiger partial charge in [-0.2, -0.15) is 0 Å². The Bertz CT molecular complexity index is 1130. The van der Waals surface area contributed by atoms with Crippen molar-refractivity contribution in [2.75, 3.05) is 31.3 Å². The van der Waals surface area contributed by atoms with E-state index < -0.39 is 0 Å². The minimum atomic E-state index is -0.192. The van der Waals surface area contributed by atoms with E-state index >= 15 is 0 Å². The molecule has 32 heavy (non-hydrogen) atoms. The molecule has 0 aliphatic carbocycles. The number of pyridine rings is 1. The first-order valence-corrected chi connectivity index (χ1v) is 10.5. The van der Waals surface area contributed by atoms with Crippen LogP contribution in [0.1, 0.15) is 39.2 Å². The predicted octanol–water partition coefficient (Wildman–Crippen LogP) is 5.06. The van der Waals surface area contributed by atoms with Gasteiger partial charge in [0.05, 0.1) is 18.7 Å². The van der Waals surface area contributed by atoms with Crippen LogP contribution in [0.3, 0.4) is 0 Å². The molecule has 0 aliphatic heterocycles. The number of fused-ring (bicyclic) bond motifs is 1. The van der Waals surface area contributed by atoms with Gasteiger partial charge in [0.2, 0.25) is 5.95 Å². The summed E-state index contributed by atoms with van der Waals surface area (Å²) in [5, 5.41) is 15.3. The third-order valence-electron chi connectivity index (χ3n) is 5.09. The number of anilines is 3. The molecule has 3 N–H and O–H groups in total. The maximum absolute atomic E-state index is 7.77. The molecule has 168 valence electrons. The highest BCUT2D eigenvalue weighted by Crippen LogP contribution is 2.31. The second kappa shape index (κ2) is 9.72. The van der Waals surface area contributed by atoms with Gasteiger partial charge in [-0.15, -0.1) is 0 Å². The molecule has 2 heterocycles. The van der Waals surface area contributed by atoms with Gasteiger partial charge in [0.15, 0.2) is 5.82 Å². The number of nitrogens with one attached hydrogen (secondary N) is 3. The van der Waals surface area contributed by atoms with E-state index in [-0.39, 0.29) is 11.3 Å². The van der Waals surface area contributed by atoms with Gasteiger partial charge in [-0.3, -0.25) is 4.99 Å². The van der Waals surface area contributed by atoms with Gasteiger partial charge in [-0.25, -0.2) is 15.0 Å². The van der Waals surface area contributed by atoms with E-state index in [0.29, 0.717) is 11.7 Å². The number of methoxy groups -OCH3 is 1. The number of rotatable bonds is 8. The van der Waals surface area contributed by atoms with Crippen LogP contribution in [0.5, 0.6) is 5.75 Å². The summed E-state index contributed by atoms with van der Waals surface area (Å²) in [6, 6.07) is 7.66. The van der Waals surface area contributed by atoms with Gasteiger partial charge < -0.3 is 20.8 Å². The van der Waals surface area contributed by atoms with E-state index in [4.69, 9.17) is 15.1 Å². The molecule has 0 aliphatic rings. The molecule has 0 spiro atoms. The predicted molar refractivity (Wildman–Crippen MR) is 132 cm³/mol. The van der Waals surface area contributed by atoms with E-state index in [2.05, 4.69) is 46.4 Å². The molecule has 1 atom stereocenters. The van der Waals surface area contributed by atoms with Gasteiger partial charge >= 0.3 is 0 Å². The second-order valence-electron chi connectivity index (χ2n) is 8.80. The Morgan fingerprint density at radius 1 is 1.25 bits per heavy atom. The monoisotopic (exact) mass is 433 g/mol. The van der Waals surface area contributed by atoms with Crippen LogP contribution in [0.25, 0.3) is 10.9 Å². The van der Waals surface area contributed by atoms with Crippen LogP contribution in [0.2, 0.25) is 0 Å². The largest absolute Gasteiger partial charge is 0.495 e. The van der Waals surface area contributed by atoms with Crippen LogP contribution in [-0.2, 0) is 0 Å². The highest BCUT2D eigenvalue weighted by Gasteiger charge is 2.16. The normalized spacial score (nSPS) is 13.0. The van der Waals surface area contributed by atoms with E-state index in [1.54, 1.807) is 26.6 Å². The van der Waals surface area contributed by atoms with E-state index in [0.717, 1.165) is 40.2 Å². The fourth-order valence-corrected chi connectivity index (χ4v) is 3.22. The van der Waals surface area contributed by atoms with Crippen LogP contribution in [0, 0.1) is 10.8 Å². The summed E-state index contributed by atoms with van der Waals surface area (Å²) in [4.78, 5) is 17.9. The number of hydrogen-bond acceptors (Lipinski definition) is 8. The topological polar surface area (TPSA) is 108 Å². The lowest BCUT2D eigenvalue weighted by Crippen LogP contribution is -2.19. The summed E-state index contributed by atoms with van der Waals surface area (Å²) in [7, 11) is 3.35. The zero-order chi connectivity index (χ0) is 23.3. The summed E-state index contributed by atoms with van der Waals surface area (Å²) < 4.78 is 5.60. The number of aromatic nitrogens is 3. The van der Waals surface area contributed by atoms with Crippen molar-refractivity contribution in [2.45, 2.75) is 33.6 Å². The number of benzene rings is 1. The number of ether oxygens (including phenoxy) is 1. The molecule has 3 aromatic rings. The molecule has 1 aromatic carbocycles. The standard InChI is InChI=1S/C24H31N7O/c1-15(26-5)18(12-25)16-7-8-19(20(11-16)32-6)30-23-28-13-17-9-10-27-22(21(17)31-23)29-14-24(2,3)4/h7-13,18,25H,14H2,1-6H3,(H,27,29)(H,28,30,31). The first-order valence-electron chi connectivity index (χ1n) is 10.5. The van der Waals surface area contributed by atoms with Crippen molar-refractivity contribution in [1.82, 2.24) is 15.0 Å². The Balaban J connectivity index is 1.92. The average molecular weight is 434 g/mol.